The second-order valence-electron chi connectivity index (χ2n) is 7.49. The van der Waals surface area contributed by atoms with Crippen molar-refractivity contribution in [2.24, 2.45) is 0 Å². The number of fused-ring (bicyclic) bond motifs is 2. The molecule has 10 nitrogen and oxygen atoms in total. The summed E-state index contributed by atoms with van der Waals surface area (Å²) >= 11 is 1.14. The van der Waals surface area contributed by atoms with Crippen molar-refractivity contribution < 1.29 is 28.2 Å². The molecule has 0 saturated carbocycles. The molecule has 0 radical (unpaired) electrons. The fourth-order valence-electron chi connectivity index (χ4n) is 3.63. The number of nitrogens with one attached hydrogen (secondary N) is 1. The number of ether oxygens (including phenoxy) is 4. The Labute approximate surface area is 203 Å². The summed E-state index contributed by atoms with van der Waals surface area (Å²) in [6.07, 6.45) is 1.54. The van der Waals surface area contributed by atoms with Gasteiger partial charge >= 0.3 is 0 Å². The number of methoxy groups -OCH3 is 2. The van der Waals surface area contributed by atoms with Crippen molar-refractivity contribution in [3.63, 3.8) is 0 Å². The molecule has 2 aromatic heterocycles. The van der Waals surface area contributed by atoms with Gasteiger partial charge in [-0.3, -0.25) is 14.2 Å². The van der Waals surface area contributed by atoms with E-state index in [2.05, 4.69) is 10.3 Å². The van der Waals surface area contributed by atoms with E-state index in [-0.39, 0.29) is 30.6 Å². The number of hydrogen-bond acceptors (Lipinski definition) is 9. The first-order chi connectivity index (χ1) is 17.1. The van der Waals surface area contributed by atoms with Gasteiger partial charge < -0.3 is 28.7 Å². The number of nitrogens with zero attached hydrogens (tertiary/aromatic N) is 2. The minimum atomic E-state index is -0.300. The molecular weight excluding hydrogens is 474 g/mol. The normalized spacial score (nSPS) is 12.1. The maximum atomic E-state index is 13.4. The largest absolute Gasteiger partial charge is 0.497 e. The molecule has 0 bridgehead atoms. The number of thioether (sulfide) groups is 1. The zero-order chi connectivity index (χ0) is 24.4. The van der Waals surface area contributed by atoms with Crippen LogP contribution in [0.4, 0.5) is 5.69 Å². The Morgan fingerprint density at radius 1 is 1.14 bits per heavy atom. The minimum absolute atomic E-state index is 0.00101. The number of anilines is 1. The number of furan rings is 1. The molecule has 0 unspecified atom stereocenters. The van der Waals surface area contributed by atoms with Gasteiger partial charge in [-0.05, 0) is 30.3 Å². The van der Waals surface area contributed by atoms with E-state index in [9.17, 15) is 9.59 Å². The molecule has 2 aromatic carbocycles. The second kappa shape index (κ2) is 9.63. The highest BCUT2D eigenvalue weighted by molar-refractivity contribution is 7.99. The summed E-state index contributed by atoms with van der Waals surface area (Å²) in [6.45, 7) is 0.249. The Kier molecular flexibility index (Phi) is 6.23. The molecular formula is C24H21N3O7S. The molecule has 5 rings (SSSR count). The molecule has 11 heteroatoms. The Balaban J connectivity index is 1.44. The summed E-state index contributed by atoms with van der Waals surface area (Å²) in [4.78, 5) is 30.8. The van der Waals surface area contributed by atoms with E-state index < -0.39 is 0 Å². The third kappa shape index (κ3) is 4.62. The lowest BCUT2D eigenvalue weighted by Crippen LogP contribution is -2.24. The Morgan fingerprint density at radius 2 is 1.97 bits per heavy atom. The molecule has 0 atom stereocenters. The van der Waals surface area contributed by atoms with Gasteiger partial charge in [-0.1, -0.05) is 11.8 Å². The van der Waals surface area contributed by atoms with E-state index in [4.69, 9.17) is 23.4 Å². The van der Waals surface area contributed by atoms with Crippen LogP contribution in [0.3, 0.4) is 0 Å². The standard InChI is InChI=1S/C24H21N3O7S/c1-30-14-5-6-19(31-2)18(8-14)25-22(28)12-35-24-26-17-10-21-20(33-13-34-21)9-16(17)23(29)27(24)11-15-4-3-7-32-15/h3-10H,11-13H2,1-2H3,(H,25,28). The Hall–Kier alpha value is -4.12. The monoisotopic (exact) mass is 495 g/mol. The smallest absolute Gasteiger partial charge is 0.262 e. The average Bonchev–Trinajstić information content (AvgIpc) is 3.55. The third-order valence-electron chi connectivity index (χ3n) is 5.32. The second-order valence-corrected chi connectivity index (χ2v) is 8.43. The zero-order valence-corrected chi connectivity index (χ0v) is 19.7. The van der Waals surface area contributed by atoms with Crippen LogP contribution < -0.4 is 29.8 Å². The van der Waals surface area contributed by atoms with E-state index in [0.717, 1.165) is 11.8 Å². The molecule has 1 amide bonds. The van der Waals surface area contributed by atoms with Gasteiger partial charge in [0, 0.05) is 12.1 Å². The van der Waals surface area contributed by atoms with Crippen molar-refractivity contribution in [2.45, 2.75) is 11.7 Å². The van der Waals surface area contributed by atoms with Crippen LogP contribution in [0.5, 0.6) is 23.0 Å². The van der Waals surface area contributed by atoms with Crippen molar-refractivity contribution in [3.8, 4) is 23.0 Å². The number of carbonyl (C=O) groups is 1. The molecule has 35 heavy (non-hydrogen) atoms. The maximum Gasteiger partial charge on any atom is 0.262 e. The number of rotatable bonds is 8. The molecule has 0 saturated heterocycles. The van der Waals surface area contributed by atoms with Gasteiger partial charge in [0.15, 0.2) is 16.7 Å². The van der Waals surface area contributed by atoms with Crippen LogP contribution in [0.2, 0.25) is 0 Å². The van der Waals surface area contributed by atoms with Crippen LogP contribution in [0.15, 0.2) is 63.1 Å². The highest BCUT2D eigenvalue weighted by Crippen LogP contribution is 2.35. The molecule has 0 spiro atoms. The van der Waals surface area contributed by atoms with Crippen LogP contribution in [0.25, 0.3) is 10.9 Å². The number of aromatic nitrogens is 2. The molecule has 0 fully saturated rings. The van der Waals surface area contributed by atoms with Gasteiger partial charge in [-0.25, -0.2) is 4.98 Å². The van der Waals surface area contributed by atoms with Gasteiger partial charge in [-0.2, -0.15) is 0 Å². The first kappa shape index (κ1) is 22.7. The van der Waals surface area contributed by atoms with Crippen LogP contribution in [-0.4, -0.2) is 42.2 Å². The molecule has 1 aliphatic heterocycles. The summed E-state index contributed by atoms with van der Waals surface area (Å²) in [5, 5.41) is 3.57. The van der Waals surface area contributed by atoms with Gasteiger partial charge in [0.05, 0.1) is 49.4 Å². The van der Waals surface area contributed by atoms with Crippen LogP contribution >= 0.6 is 11.8 Å². The van der Waals surface area contributed by atoms with Crippen molar-refractivity contribution in [1.82, 2.24) is 9.55 Å². The van der Waals surface area contributed by atoms with E-state index in [1.54, 1.807) is 49.6 Å². The number of benzene rings is 2. The topological polar surface area (TPSA) is 114 Å². The van der Waals surface area contributed by atoms with Gasteiger partial charge in [0.25, 0.3) is 5.56 Å². The summed E-state index contributed by atoms with van der Waals surface area (Å²) < 4.78 is 28.3. The first-order valence-corrected chi connectivity index (χ1v) is 11.6. The summed E-state index contributed by atoms with van der Waals surface area (Å²) in [6, 6.07) is 11.9. The van der Waals surface area contributed by atoms with Crippen LogP contribution in [0, 0.1) is 0 Å². The minimum Gasteiger partial charge on any atom is -0.497 e. The van der Waals surface area contributed by atoms with E-state index in [1.165, 1.54) is 17.9 Å². The quantitative estimate of drug-likeness (QED) is 0.290. The molecule has 4 aromatic rings. The van der Waals surface area contributed by atoms with Crippen molar-refractivity contribution in [3.05, 3.63) is 64.8 Å². The molecule has 0 aliphatic carbocycles. The maximum absolute atomic E-state index is 13.4. The Morgan fingerprint density at radius 3 is 2.71 bits per heavy atom. The lowest BCUT2D eigenvalue weighted by molar-refractivity contribution is -0.113. The summed E-state index contributed by atoms with van der Waals surface area (Å²) in [5.74, 6) is 2.38. The van der Waals surface area contributed by atoms with Crippen molar-refractivity contribution >= 4 is 34.3 Å². The van der Waals surface area contributed by atoms with Gasteiger partial charge in [0.2, 0.25) is 12.7 Å². The zero-order valence-electron chi connectivity index (χ0n) is 18.9. The number of amides is 1. The number of hydrogen-bond donors (Lipinski definition) is 1. The molecule has 3 heterocycles. The highest BCUT2D eigenvalue weighted by Gasteiger charge is 2.20. The fraction of sp³-hybridized carbons (Fsp3) is 0.208. The van der Waals surface area contributed by atoms with E-state index in [1.807, 2.05) is 0 Å². The SMILES string of the molecule is COc1ccc(OC)c(NC(=O)CSc2nc3cc4c(cc3c(=O)n2Cc2ccco2)OCO4)c1. The summed E-state index contributed by atoms with van der Waals surface area (Å²) in [5.41, 5.74) is 0.652. The van der Waals surface area contributed by atoms with Crippen molar-refractivity contribution in [2.75, 3.05) is 32.1 Å². The predicted molar refractivity (Wildman–Crippen MR) is 129 cm³/mol. The van der Waals surface area contributed by atoms with Gasteiger partial charge in [-0.15, -0.1) is 0 Å². The van der Waals surface area contributed by atoms with E-state index in [0.29, 0.717) is 50.5 Å². The average molecular weight is 496 g/mol. The molecule has 1 N–H and O–H groups in total. The highest BCUT2D eigenvalue weighted by atomic mass is 32.2. The van der Waals surface area contributed by atoms with Gasteiger partial charge in [0.1, 0.15) is 17.3 Å². The van der Waals surface area contributed by atoms with Crippen molar-refractivity contribution in [1.29, 1.82) is 0 Å². The molecule has 1 aliphatic rings. The Bertz CT molecular complexity index is 1450. The number of carbonyl (C=O) groups excluding carboxylic acids is 1. The van der Waals surface area contributed by atoms with Crippen LogP contribution in [0.1, 0.15) is 5.76 Å². The van der Waals surface area contributed by atoms with Crippen LogP contribution in [-0.2, 0) is 11.3 Å². The third-order valence-corrected chi connectivity index (χ3v) is 6.30. The lowest BCUT2D eigenvalue weighted by atomic mass is 10.2. The fourth-order valence-corrected chi connectivity index (χ4v) is 4.43. The first-order valence-electron chi connectivity index (χ1n) is 10.6. The summed E-state index contributed by atoms with van der Waals surface area (Å²) in [7, 11) is 3.06. The molecule has 180 valence electrons. The van der Waals surface area contributed by atoms with E-state index >= 15 is 0 Å². The predicted octanol–water partition coefficient (Wildman–Crippen LogP) is 3.51. The lowest BCUT2D eigenvalue weighted by Gasteiger charge is -2.14.